The Labute approximate surface area is 123 Å². The molecule has 0 bridgehead atoms. The van der Waals surface area contributed by atoms with Crippen LogP contribution in [0.2, 0.25) is 36.3 Å². The van der Waals surface area contributed by atoms with Gasteiger partial charge in [0.05, 0.1) is 0 Å². The average molecular weight is 307 g/mol. The standard InChI is InChI=1S/C9H22OSi.C6H16OSi/c1-4-7-11(10,8-5-2)9-6-3;1-4-8(7,5-2)6-3/h10H,4-9H2,1-3H3;7H,4-6H2,1-3H3. The summed E-state index contributed by atoms with van der Waals surface area (Å²) in [7, 11) is -3.42. The summed E-state index contributed by atoms with van der Waals surface area (Å²) in [5.74, 6) is 0. The van der Waals surface area contributed by atoms with Crippen LogP contribution in [0.25, 0.3) is 0 Å². The predicted octanol–water partition coefficient (Wildman–Crippen LogP) is 5.14. The molecule has 0 saturated carbocycles. The third-order valence-corrected chi connectivity index (χ3v) is 12.4. The normalized spacial score (nSPS) is 12.0. The first-order chi connectivity index (χ1) is 8.86. The van der Waals surface area contributed by atoms with Gasteiger partial charge in [-0.25, -0.2) is 0 Å². The van der Waals surface area contributed by atoms with Crippen LogP contribution in [0.1, 0.15) is 60.8 Å². The fourth-order valence-electron chi connectivity index (χ4n) is 2.52. The molecule has 2 nitrogen and oxygen atoms in total. The molecule has 2 N–H and O–H groups in total. The molecule has 0 aliphatic rings. The maximum Gasteiger partial charge on any atom is 0.188 e. The van der Waals surface area contributed by atoms with Crippen molar-refractivity contribution in [2.45, 2.75) is 97.1 Å². The molecule has 0 rings (SSSR count). The topological polar surface area (TPSA) is 40.5 Å². The fraction of sp³-hybridized carbons (Fsp3) is 1.00. The highest BCUT2D eigenvalue weighted by Gasteiger charge is 2.27. The number of hydrogen-bond acceptors (Lipinski definition) is 2. The molecule has 0 radical (unpaired) electrons. The lowest BCUT2D eigenvalue weighted by molar-refractivity contribution is 0.516. The van der Waals surface area contributed by atoms with Crippen molar-refractivity contribution in [3.63, 3.8) is 0 Å². The van der Waals surface area contributed by atoms with Crippen LogP contribution in [0.5, 0.6) is 0 Å². The predicted molar refractivity (Wildman–Crippen MR) is 92.7 cm³/mol. The van der Waals surface area contributed by atoms with Gasteiger partial charge in [-0.3, -0.25) is 0 Å². The molecule has 0 aromatic carbocycles. The van der Waals surface area contributed by atoms with E-state index < -0.39 is 16.6 Å². The molecule has 0 amide bonds. The zero-order chi connectivity index (χ0) is 15.4. The molecule has 0 aliphatic carbocycles. The van der Waals surface area contributed by atoms with E-state index in [0.29, 0.717) is 0 Å². The molecule has 0 aromatic heterocycles. The van der Waals surface area contributed by atoms with Crippen LogP contribution in [0, 0.1) is 0 Å². The first-order valence-electron chi connectivity index (χ1n) is 8.31. The van der Waals surface area contributed by atoms with Crippen molar-refractivity contribution < 1.29 is 9.59 Å². The van der Waals surface area contributed by atoms with Crippen LogP contribution in [0.15, 0.2) is 0 Å². The van der Waals surface area contributed by atoms with Gasteiger partial charge in [-0.1, -0.05) is 60.8 Å². The molecular weight excluding hydrogens is 268 g/mol. The summed E-state index contributed by atoms with van der Waals surface area (Å²) >= 11 is 0. The first kappa shape index (κ1) is 21.6. The van der Waals surface area contributed by atoms with Crippen LogP contribution >= 0.6 is 0 Å². The summed E-state index contributed by atoms with van der Waals surface area (Å²) in [6.45, 7) is 12.8. The lowest BCUT2D eigenvalue weighted by Gasteiger charge is -2.23. The molecule has 0 spiro atoms. The largest absolute Gasteiger partial charge is 0.432 e. The molecule has 0 aliphatic heterocycles. The van der Waals surface area contributed by atoms with Gasteiger partial charge in [0, 0.05) is 0 Å². The Bertz CT molecular complexity index is 169. The van der Waals surface area contributed by atoms with Crippen molar-refractivity contribution in [3.8, 4) is 0 Å². The van der Waals surface area contributed by atoms with E-state index in [1.54, 1.807) is 0 Å². The van der Waals surface area contributed by atoms with E-state index in [-0.39, 0.29) is 0 Å². The Balaban J connectivity index is 0. The molecule has 0 heterocycles. The molecule has 0 fully saturated rings. The fourth-order valence-corrected chi connectivity index (χ4v) is 7.56. The average Bonchev–Trinajstić information content (AvgIpc) is 2.39. The Hall–Kier alpha value is 0.354. The lowest BCUT2D eigenvalue weighted by Crippen LogP contribution is -2.33. The van der Waals surface area contributed by atoms with Crippen molar-refractivity contribution in [1.82, 2.24) is 0 Å². The van der Waals surface area contributed by atoms with Crippen LogP contribution in [-0.4, -0.2) is 26.2 Å². The Morgan fingerprint density at radius 1 is 0.526 bits per heavy atom. The van der Waals surface area contributed by atoms with E-state index in [4.69, 9.17) is 0 Å². The van der Waals surface area contributed by atoms with Gasteiger partial charge in [0.15, 0.2) is 16.6 Å². The maximum atomic E-state index is 10.2. The monoisotopic (exact) mass is 306 g/mol. The molecule has 118 valence electrons. The molecule has 4 heteroatoms. The SMILES string of the molecule is CCC[Si](O)(CCC)CCC.CC[Si](O)(CC)CC. The highest BCUT2D eigenvalue weighted by Crippen LogP contribution is 2.22. The van der Waals surface area contributed by atoms with Gasteiger partial charge >= 0.3 is 0 Å². The third-order valence-electron chi connectivity index (χ3n) is 4.12. The quantitative estimate of drug-likeness (QED) is 0.579. The molecule has 0 aromatic rings. The second kappa shape index (κ2) is 12.1. The number of hydrogen-bond donors (Lipinski definition) is 2. The molecular formula is C15H38O2Si2. The van der Waals surface area contributed by atoms with Gasteiger partial charge in [-0.15, -0.1) is 0 Å². The smallest absolute Gasteiger partial charge is 0.188 e. The minimum atomic E-state index is -1.75. The van der Waals surface area contributed by atoms with Crippen LogP contribution < -0.4 is 0 Å². The van der Waals surface area contributed by atoms with Gasteiger partial charge in [-0.2, -0.15) is 0 Å². The van der Waals surface area contributed by atoms with Gasteiger partial charge in [0.2, 0.25) is 0 Å². The molecule has 19 heavy (non-hydrogen) atoms. The Morgan fingerprint density at radius 3 is 0.895 bits per heavy atom. The summed E-state index contributed by atoms with van der Waals surface area (Å²) in [5, 5.41) is 0. The highest BCUT2D eigenvalue weighted by atomic mass is 28.4. The first-order valence-corrected chi connectivity index (χ1v) is 13.4. The van der Waals surface area contributed by atoms with E-state index >= 15 is 0 Å². The summed E-state index contributed by atoms with van der Waals surface area (Å²) in [6.07, 6.45) is 3.47. The van der Waals surface area contributed by atoms with E-state index in [2.05, 4.69) is 41.5 Å². The van der Waals surface area contributed by atoms with Crippen molar-refractivity contribution in [1.29, 1.82) is 0 Å². The maximum absolute atomic E-state index is 10.2. The molecule has 0 atom stereocenters. The Morgan fingerprint density at radius 2 is 0.789 bits per heavy atom. The lowest BCUT2D eigenvalue weighted by atomic mass is 10.6. The zero-order valence-electron chi connectivity index (χ0n) is 14.3. The van der Waals surface area contributed by atoms with Gasteiger partial charge < -0.3 is 9.59 Å². The molecule has 0 saturated heterocycles. The minimum Gasteiger partial charge on any atom is -0.432 e. The van der Waals surface area contributed by atoms with E-state index in [1.807, 2.05) is 0 Å². The molecule has 0 unspecified atom stereocenters. The highest BCUT2D eigenvalue weighted by molar-refractivity contribution is 6.72. The second-order valence-corrected chi connectivity index (χ2v) is 14.3. The van der Waals surface area contributed by atoms with Crippen molar-refractivity contribution in [2.75, 3.05) is 0 Å². The summed E-state index contributed by atoms with van der Waals surface area (Å²) < 4.78 is 0. The minimum absolute atomic E-state index is 1.01. The summed E-state index contributed by atoms with van der Waals surface area (Å²) in [6, 6.07) is 6.36. The van der Waals surface area contributed by atoms with Crippen molar-refractivity contribution in [2.24, 2.45) is 0 Å². The van der Waals surface area contributed by atoms with E-state index in [1.165, 1.54) is 0 Å². The van der Waals surface area contributed by atoms with E-state index in [9.17, 15) is 9.59 Å². The van der Waals surface area contributed by atoms with Gasteiger partial charge in [-0.05, 0) is 36.3 Å². The van der Waals surface area contributed by atoms with Gasteiger partial charge in [0.1, 0.15) is 0 Å². The van der Waals surface area contributed by atoms with E-state index in [0.717, 1.165) is 55.5 Å². The third kappa shape index (κ3) is 10.8. The van der Waals surface area contributed by atoms with Crippen LogP contribution in [-0.2, 0) is 0 Å². The summed E-state index contributed by atoms with van der Waals surface area (Å²) in [5.41, 5.74) is 0. The Kier molecular flexibility index (Phi) is 13.8. The van der Waals surface area contributed by atoms with Crippen molar-refractivity contribution in [3.05, 3.63) is 0 Å². The van der Waals surface area contributed by atoms with Crippen LogP contribution in [0.3, 0.4) is 0 Å². The second-order valence-electron chi connectivity index (χ2n) is 5.76. The number of rotatable bonds is 9. The zero-order valence-corrected chi connectivity index (χ0v) is 16.3. The van der Waals surface area contributed by atoms with Crippen LogP contribution in [0.4, 0.5) is 0 Å². The van der Waals surface area contributed by atoms with Gasteiger partial charge in [0.25, 0.3) is 0 Å². The summed E-state index contributed by atoms with van der Waals surface area (Å²) in [4.78, 5) is 19.7. The van der Waals surface area contributed by atoms with Crippen molar-refractivity contribution >= 4 is 16.6 Å².